The maximum atomic E-state index is 12.1. The maximum absolute atomic E-state index is 12.1. The molecule has 1 amide bonds. The number of hydrogen-bond donors (Lipinski definition) is 1. The fourth-order valence-corrected chi connectivity index (χ4v) is 2.86. The van der Waals surface area contributed by atoms with Crippen LogP contribution in [0.25, 0.3) is 0 Å². The zero-order chi connectivity index (χ0) is 16.1. The van der Waals surface area contributed by atoms with E-state index in [2.05, 4.69) is 20.8 Å². The van der Waals surface area contributed by atoms with E-state index in [0.717, 1.165) is 30.7 Å². The van der Waals surface area contributed by atoms with Crippen LogP contribution < -0.4 is 10.5 Å². The number of nitrogens with zero attached hydrogens (tertiary/aromatic N) is 1. The van der Waals surface area contributed by atoms with E-state index < -0.39 is 0 Å². The predicted octanol–water partition coefficient (Wildman–Crippen LogP) is 3.12. The van der Waals surface area contributed by atoms with Crippen LogP contribution in [0.15, 0.2) is 24.3 Å². The molecule has 2 rings (SSSR count). The van der Waals surface area contributed by atoms with E-state index in [1.54, 1.807) is 0 Å². The summed E-state index contributed by atoms with van der Waals surface area (Å²) in [6.45, 7) is 7.89. The van der Waals surface area contributed by atoms with Crippen molar-refractivity contribution in [2.75, 3.05) is 13.2 Å². The molecule has 1 heterocycles. The van der Waals surface area contributed by atoms with Crippen molar-refractivity contribution in [3.8, 4) is 5.75 Å². The lowest BCUT2D eigenvalue weighted by molar-refractivity contribution is -0.129. The zero-order valence-electron chi connectivity index (χ0n) is 13.9. The summed E-state index contributed by atoms with van der Waals surface area (Å²) in [6, 6.07) is 7.91. The average molecular weight is 304 g/mol. The first-order chi connectivity index (χ1) is 10.5. The molecule has 122 valence electrons. The van der Waals surface area contributed by atoms with Gasteiger partial charge in [-0.25, -0.2) is 0 Å². The van der Waals surface area contributed by atoms with Crippen molar-refractivity contribution in [2.45, 2.75) is 52.1 Å². The van der Waals surface area contributed by atoms with E-state index in [4.69, 9.17) is 10.5 Å². The summed E-state index contributed by atoms with van der Waals surface area (Å²) in [6.07, 6.45) is 2.54. The Labute approximate surface area is 133 Å². The van der Waals surface area contributed by atoms with Gasteiger partial charge in [0.15, 0.2) is 0 Å². The normalized spacial score (nSPS) is 21.7. The summed E-state index contributed by atoms with van der Waals surface area (Å²) >= 11 is 0. The highest BCUT2D eigenvalue weighted by atomic mass is 16.5. The molecule has 0 saturated carbocycles. The van der Waals surface area contributed by atoms with Gasteiger partial charge in [-0.15, -0.1) is 0 Å². The number of benzene rings is 1. The van der Waals surface area contributed by atoms with Crippen molar-refractivity contribution in [1.29, 1.82) is 0 Å². The van der Waals surface area contributed by atoms with E-state index in [-0.39, 0.29) is 18.0 Å². The van der Waals surface area contributed by atoms with Crippen LogP contribution >= 0.6 is 0 Å². The van der Waals surface area contributed by atoms with Crippen LogP contribution in [0.1, 0.15) is 51.6 Å². The van der Waals surface area contributed by atoms with Gasteiger partial charge >= 0.3 is 0 Å². The molecule has 22 heavy (non-hydrogen) atoms. The van der Waals surface area contributed by atoms with Gasteiger partial charge in [0.05, 0.1) is 12.6 Å². The van der Waals surface area contributed by atoms with Crippen molar-refractivity contribution >= 4 is 5.91 Å². The van der Waals surface area contributed by atoms with E-state index >= 15 is 0 Å². The quantitative estimate of drug-likeness (QED) is 0.842. The van der Waals surface area contributed by atoms with Crippen molar-refractivity contribution in [2.24, 2.45) is 11.7 Å². The number of likely N-dealkylation sites (tertiary alicyclic amines) is 1. The second-order valence-electron chi connectivity index (χ2n) is 6.53. The largest absolute Gasteiger partial charge is 0.493 e. The highest BCUT2D eigenvalue weighted by Gasteiger charge is 2.37. The third-order valence-electron chi connectivity index (χ3n) is 4.03. The second-order valence-corrected chi connectivity index (χ2v) is 6.53. The molecule has 0 spiro atoms. The Morgan fingerprint density at radius 2 is 2.00 bits per heavy atom. The Kier molecular flexibility index (Phi) is 5.83. The molecule has 0 bridgehead atoms. The van der Waals surface area contributed by atoms with Gasteiger partial charge in [-0.1, -0.05) is 39.3 Å². The minimum absolute atomic E-state index is 0.00167. The number of carbonyl (C=O) groups is 1. The van der Waals surface area contributed by atoms with Gasteiger partial charge in [-0.2, -0.15) is 0 Å². The summed E-state index contributed by atoms with van der Waals surface area (Å²) in [4.78, 5) is 14.1. The monoisotopic (exact) mass is 304 g/mol. The average Bonchev–Trinajstić information content (AvgIpc) is 2.77. The molecule has 2 N–H and O–H groups in total. The molecule has 1 aliphatic heterocycles. The second kappa shape index (κ2) is 7.63. The number of rotatable bonds is 7. The van der Waals surface area contributed by atoms with Crippen LogP contribution in [0.2, 0.25) is 0 Å². The Balaban J connectivity index is 2.09. The Morgan fingerprint density at radius 3 is 2.59 bits per heavy atom. The number of nitrogens with two attached hydrogens (primary N) is 1. The third kappa shape index (κ3) is 4.01. The van der Waals surface area contributed by atoms with Gasteiger partial charge in [0, 0.05) is 19.0 Å². The molecule has 1 aromatic rings. The molecule has 2 atom stereocenters. The van der Waals surface area contributed by atoms with Gasteiger partial charge in [-0.05, 0) is 30.0 Å². The zero-order valence-corrected chi connectivity index (χ0v) is 13.9. The number of hydrogen-bond acceptors (Lipinski definition) is 3. The molecular formula is C18H28N2O2. The molecule has 1 fully saturated rings. The number of unbranched alkanes of at least 4 members (excludes halogenated alkanes) is 1. The van der Waals surface area contributed by atoms with Gasteiger partial charge in [0.2, 0.25) is 5.91 Å². The van der Waals surface area contributed by atoms with Crippen molar-refractivity contribution in [3.05, 3.63) is 29.8 Å². The van der Waals surface area contributed by atoms with Gasteiger partial charge in [0.1, 0.15) is 5.75 Å². The Bertz CT molecular complexity index is 484. The smallest absolute Gasteiger partial charge is 0.224 e. The van der Waals surface area contributed by atoms with Crippen molar-refractivity contribution < 1.29 is 9.53 Å². The SMILES string of the molecule is CCCCN1C(=O)CC(N)C1c1ccc(OCC(C)C)cc1. The van der Waals surface area contributed by atoms with Gasteiger partial charge in [-0.3, -0.25) is 4.79 Å². The molecule has 0 aliphatic carbocycles. The molecule has 1 saturated heterocycles. The van der Waals surface area contributed by atoms with Crippen LogP contribution in [0.5, 0.6) is 5.75 Å². The van der Waals surface area contributed by atoms with Gasteiger partial charge < -0.3 is 15.4 Å². The summed E-state index contributed by atoms with van der Waals surface area (Å²) in [5.41, 5.74) is 7.31. The van der Waals surface area contributed by atoms with Crippen LogP contribution in [-0.2, 0) is 4.79 Å². The predicted molar refractivity (Wildman–Crippen MR) is 88.7 cm³/mol. The highest BCUT2D eigenvalue weighted by Crippen LogP contribution is 2.33. The standard InChI is InChI=1S/C18H28N2O2/c1-4-5-10-20-17(21)11-16(19)18(20)14-6-8-15(9-7-14)22-12-13(2)3/h6-9,13,16,18H,4-5,10-12,19H2,1-3H3. The van der Waals surface area contributed by atoms with Gasteiger partial charge in [0.25, 0.3) is 0 Å². The van der Waals surface area contributed by atoms with Crippen molar-refractivity contribution in [3.63, 3.8) is 0 Å². The lowest BCUT2D eigenvalue weighted by Crippen LogP contribution is -2.33. The molecule has 1 aromatic carbocycles. The highest BCUT2D eigenvalue weighted by molar-refractivity contribution is 5.80. The third-order valence-corrected chi connectivity index (χ3v) is 4.03. The van der Waals surface area contributed by atoms with E-state index in [1.807, 2.05) is 29.2 Å². The topological polar surface area (TPSA) is 55.6 Å². The summed E-state index contributed by atoms with van der Waals surface area (Å²) in [5, 5.41) is 0. The van der Waals surface area contributed by atoms with Crippen LogP contribution in [0.3, 0.4) is 0 Å². The van der Waals surface area contributed by atoms with Crippen LogP contribution in [0.4, 0.5) is 0 Å². The van der Waals surface area contributed by atoms with E-state index in [0.29, 0.717) is 18.9 Å². The summed E-state index contributed by atoms with van der Waals surface area (Å²) in [7, 11) is 0. The number of ether oxygens (including phenoxy) is 1. The maximum Gasteiger partial charge on any atom is 0.224 e. The van der Waals surface area contributed by atoms with Crippen LogP contribution in [-0.4, -0.2) is 30.0 Å². The minimum Gasteiger partial charge on any atom is -0.493 e. The lowest BCUT2D eigenvalue weighted by atomic mass is 10.0. The first-order valence-corrected chi connectivity index (χ1v) is 8.30. The van der Waals surface area contributed by atoms with Crippen molar-refractivity contribution in [1.82, 2.24) is 4.90 Å². The molecule has 4 heteroatoms. The number of amides is 1. The van der Waals surface area contributed by atoms with E-state index in [9.17, 15) is 4.79 Å². The fourth-order valence-electron chi connectivity index (χ4n) is 2.86. The summed E-state index contributed by atoms with van der Waals surface area (Å²) < 4.78 is 5.71. The summed E-state index contributed by atoms with van der Waals surface area (Å²) in [5.74, 6) is 1.55. The molecule has 4 nitrogen and oxygen atoms in total. The Morgan fingerprint density at radius 1 is 1.32 bits per heavy atom. The molecule has 0 aromatic heterocycles. The van der Waals surface area contributed by atoms with Crippen LogP contribution in [0, 0.1) is 5.92 Å². The van der Waals surface area contributed by atoms with E-state index in [1.165, 1.54) is 0 Å². The first kappa shape index (κ1) is 16.8. The minimum atomic E-state index is -0.119. The first-order valence-electron chi connectivity index (χ1n) is 8.30. The Hall–Kier alpha value is -1.55. The molecule has 0 radical (unpaired) electrons. The molecular weight excluding hydrogens is 276 g/mol. The lowest BCUT2D eigenvalue weighted by Gasteiger charge is -2.27. The fraction of sp³-hybridized carbons (Fsp3) is 0.611. The molecule has 2 unspecified atom stereocenters. The molecule has 1 aliphatic rings. The number of carbonyl (C=O) groups excluding carboxylic acids is 1.